The van der Waals surface area contributed by atoms with Crippen LogP contribution >= 0.6 is 0 Å². The van der Waals surface area contributed by atoms with Gasteiger partial charge in [0.05, 0.1) is 11.4 Å². The second-order valence-corrected chi connectivity index (χ2v) is 6.79. The van der Waals surface area contributed by atoms with E-state index in [1.807, 2.05) is 30.5 Å². The molecule has 0 bridgehead atoms. The Balaban J connectivity index is 1.70. The van der Waals surface area contributed by atoms with E-state index in [0.717, 1.165) is 53.7 Å². The first-order valence-electron chi connectivity index (χ1n) is 9.06. The maximum absolute atomic E-state index is 5.01. The average molecular weight is 328 g/mol. The van der Waals surface area contributed by atoms with E-state index in [2.05, 4.69) is 28.1 Å². The summed E-state index contributed by atoms with van der Waals surface area (Å²) in [6.07, 6.45) is 6.51. The minimum absolute atomic E-state index is 0.816. The van der Waals surface area contributed by atoms with Gasteiger partial charge in [0.1, 0.15) is 5.82 Å². The van der Waals surface area contributed by atoms with Gasteiger partial charge in [0.25, 0.3) is 0 Å². The fraction of sp³-hybridized carbons (Fsp3) is 0.286. The molecule has 2 aliphatic rings. The summed E-state index contributed by atoms with van der Waals surface area (Å²) in [7, 11) is 0. The smallest absolute Gasteiger partial charge is 0.162 e. The second-order valence-electron chi connectivity index (χ2n) is 6.79. The molecule has 0 atom stereocenters. The molecule has 0 unspecified atom stereocenters. The van der Waals surface area contributed by atoms with Crippen molar-refractivity contribution in [1.29, 1.82) is 0 Å². The van der Waals surface area contributed by atoms with Gasteiger partial charge in [0, 0.05) is 42.4 Å². The number of fused-ring (bicyclic) bond motifs is 3. The van der Waals surface area contributed by atoms with E-state index in [0.29, 0.717) is 0 Å². The zero-order valence-electron chi connectivity index (χ0n) is 14.2. The largest absolute Gasteiger partial charge is 0.356 e. The van der Waals surface area contributed by atoms with Gasteiger partial charge in [-0.2, -0.15) is 0 Å². The van der Waals surface area contributed by atoms with Gasteiger partial charge in [0.15, 0.2) is 5.82 Å². The van der Waals surface area contributed by atoms with Crippen molar-refractivity contribution < 1.29 is 0 Å². The second kappa shape index (κ2) is 5.96. The van der Waals surface area contributed by atoms with E-state index in [4.69, 9.17) is 9.97 Å². The van der Waals surface area contributed by atoms with E-state index in [1.54, 1.807) is 0 Å². The molecule has 5 rings (SSSR count). The van der Waals surface area contributed by atoms with E-state index < -0.39 is 0 Å². The molecule has 124 valence electrons. The fourth-order valence-electron chi connectivity index (χ4n) is 3.90. The summed E-state index contributed by atoms with van der Waals surface area (Å²) in [5.74, 6) is 1.93. The van der Waals surface area contributed by atoms with Crippen molar-refractivity contribution in [3.63, 3.8) is 0 Å². The van der Waals surface area contributed by atoms with Crippen LogP contribution in [-0.2, 0) is 6.42 Å². The highest BCUT2D eigenvalue weighted by Crippen LogP contribution is 2.40. The molecule has 1 aromatic carbocycles. The van der Waals surface area contributed by atoms with E-state index in [9.17, 15) is 0 Å². The lowest BCUT2D eigenvalue weighted by Crippen LogP contribution is -2.31. The number of hydrogen-bond acceptors (Lipinski definition) is 4. The quantitative estimate of drug-likeness (QED) is 0.555. The molecule has 2 aromatic heterocycles. The Morgan fingerprint density at radius 1 is 0.840 bits per heavy atom. The summed E-state index contributed by atoms with van der Waals surface area (Å²) < 4.78 is 0. The number of hydrogen-bond donors (Lipinski definition) is 0. The van der Waals surface area contributed by atoms with Gasteiger partial charge < -0.3 is 4.90 Å². The Morgan fingerprint density at radius 2 is 1.68 bits per heavy atom. The van der Waals surface area contributed by atoms with Crippen molar-refractivity contribution in [3.8, 4) is 22.6 Å². The van der Waals surface area contributed by atoms with Crippen molar-refractivity contribution in [3.05, 3.63) is 59.9 Å². The lowest BCUT2D eigenvalue weighted by molar-refractivity contribution is 0.572. The van der Waals surface area contributed by atoms with Gasteiger partial charge >= 0.3 is 0 Å². The first kappa shape index (κ1) is 14.6. The van der Waals surface area contributed by atoms with Crippen molar-refractivity contribution >= 4 is 5.82 Å². The molecular formula is C21H20N4. The van der Waals surface area contributed by atoms with Crippen LogP contribution in [-0.4, -0.2) is 28.0 Å². The van der Waals surface area contributed by atoms with Crippen LogP contribution in [0.1, 0.15) is 30.5 Å². The van der Waals surface area contributed by atoms with Gasteiger partial charge in [0.2, 0.25) is 0 Å². The maximum atomic E-state index is 5.01. The summed E-state index contributed by atoms with van der Waals surface area (Å²) in [6, 6.07) is 14.4. The van der Waals surface area contributed by atoms with Crippen molar-refractivity contribution in [1.82, 2.24) is 15.0 Å². The van der Waals surface area contributed by atoms with Crippen LogP contribution in [0.5, 0.6) is 0 Å². The molecule has 3 aromatic rings. The lowest BCUT2D eigenvalue weighted by atomic mass is 10.1. The minimum atomic E-state index is 0.816. The first-order valence-corrected chi connectivity index (χ1v) is 9.06. The zero-order chi connectivity index (χ0) is 16.6. The number of aromatic nitrogens is 3. The normalized spacial score (nSPS) is 15.8. The molecule has 1 aliphatic heterocycles. The van der Waals surface area contributed by atoms with Crippen LogP contribution in [0.25, 0.3) is 22.6 Å². The van der Waals surface area contributed by atoms with E-state index in [1.165, 1.54) is 24.8 Å². The molecule has 4 heteroatoms. The summed E-state index contributed by atoms with van der Waals surface area (Å²) >= 11 is 0. The monoisotopic (exact) mass is 328 g/mol. The molecule has 0 radical (unpaired) electrons. The zero-order valence-corrected chi connectivity index (χ0v) is 14.2. The molecule has 0 spiro atoms. The van der Waals surface area contributed by atoms with Crippen molar-refractivity contribution in [2.45, 2.75) is 25.7 Å². The summed E-state index contributed by atoms with van der Waals surface area (Å²) in [6.45, 7) is 2.17. The molecule has 3 heterocycles. The van der Waals surface area contributed by atoms with E-state index in [-0.39, 0.29) is 0 Å². The summed E-state index contributed by atoms with van der Waals surface area (Å²) in [5.41, 5.74) is 5.67. The van der Waals surface area contributed by atoms with Gasteiger partial charge in [-0.05, 0) is 31.4 Å². The van der Waals surface area contributed by atoms with Gasteiger partial charge in [-0.3, -0.25) is 4.98 Å². The van der Waals surface area contributed by atoms with Crippen LogP contribution in [0, 0.1) is 0 Å². The predicted octanol–water partition coefficient (Wildman–Crippen LogP) is 4.10. The Labute approximate surface area is 147 Å². The number of anilines is 1. The number of piperidine rings is 1. The SMILES string of the molecule is c1ccc(-c2nc3c(c(N4CCCCC4)n2)Cc2ncccc2-3)cc1. The third-order valence-corrected chi connectivity index (χ3v) is 5.16. The molecule has 4 nitrogen and oxygen atoms in total. The number of pyridine rings is 1. The van der Waals surface area contributed by atoms with Crippen LogP contribution in [0.2, 0.25) is 0 Å². The van der Waals surface area contributed by atoms with Crippen LogP contribution in [0.3, 0.4) is 0 Å². The predicted molar refractivity (Wildman–Crippen MR) is 99.6 cm³/mol. The van der Waals surface area contributed by atoms with Crippen molar-refractivity contribution in [2.75, 3.05) is 18.0 Å². The van der Waals surface area contributed by atoms with E-state index >= 15 is 0 Å². The van der Waals surface area contributed by atoms with Crippen molar-refractivity contribution in [2.24, 2.45) is 0 Å². The molecule has 25 heavy (non-hydrogen) atoms. The summed E-state index contributed by atoms with van der Waals surface area (Å²) in [5, 5.41) is 0. The van der Waals surface area contributed by atoms with Crippen LogP contribution in [0.15, 0.2) is 48.7 Å². The van der Waals surface area contributed by atoms with Crippen LogP contribution < -0.4 is 4.90 Å². The standard InChI is InChI=1S/C21H20N4/c1-3-8-15(9-4-1)20-23-19-16-10-7-11-22-18(16)14-17(19)21(24-20)25-12-5-2-6-13-25/h1,3-4,7-11H,2,5-6,12-14H2. The third kappa shape index (κ3) is 2.49. The molecule has 1 fully saturated rings. The highest BCUT2D eigenvalue weighted by molar-refractivity contribution is 5.79. The Kier molecular flexibility index (Phi) is 3.47. The Morgan fingerprint density at radius 3 is 2.52 bits per heavy atom. The van der Waals surface area contributed by atoms with Gasteiger partial charge in [-0.1, -0.05) is 30.3 Å². The minimum Gasteiger partial charge on any atom is -0.356 e. The Hall–Kier alpha value is -2.75. The fourth-order valence-corrected chi connectivity index (χ4v) is 3.90. The van der Waals surface area contributed by atoms with Gasteiger partial charge in [-0.25, -0.2) is 9.97 Å². The molecule has 1 aliphatic carbocycles. The topological polar surface area (TPSA) is 41.9 Å². The molecule has 1 saturated heterocycles. The highest BCUT2D eigenvalue weighted by Gasteiger charge is 2.28. The number of rotatable bonds is 2. The molecule has 0 amide bonds. The highest BCUT2D eigenvalue weighted by atomic mass is 15.2. The van der Waals surface area contributed by atoms with Gasteiger partial charge in [-0.15, -0.1) is 0 Å². The third-order valence-electron chi connectivity index (χ3n) is 5.16. The van der Waals surface area contributed by atoms with Crippen LogP contribution in [0.4, 0.5) is 5.82 Å². The molecule has 0 saturated carbocycles. The maximum Gasteiger partial charge on any atom is 0.162 e. The average Bonchev–Trinajstić information content (AvgIpc) is 3.07. The lowest BCUT2D eigenvalue weighted by Gasteiger charge is -2.29. The molecular weight excluding hydrogens is 308 g/mol. The number of benzene rings is 1. The summed E-state index contributed by atoms with van der Waals surface area (Å²) in [4.78, 5) is 17.0. The number of nitrogens with zero attached hydrogens (tertiary/aromatic N) is 4. The Bertz CT molecular complexity index is 914. The molecule has 0 N–H and O–H groups in total. The first-order chi connectivity index (χ1) is 12.4.